The maximum atomic E-state index is 13.1. The normalized spacial score (nSPS) is 19.6. The number of hydrogen-bond acceptors (Lipinski definition) is 4. The highest BCUT2D eigenvalue weighted by Crippen LogP contribution is 2.25. The molecule has 0 bridgehead atoms. The minimum atomic E-state index is -3.63. The van der Waals surface area contributed by atoms with E-state index in [0.717, 1.165) is 19.3 Å². The van der Waals surface area contributed by atoms with E-state index in [0.29, 0.717) is 6.54 Å². The molecule has 1 amide bonds. The number of halogens is 2. The summed E-state index contributed by atoms with van der Waals surface area (Å²) >= 11 is 0. The predicted octanol–water partition coefficient (Wildman–Crippen LogP) is 1.57. The van der Waals surface area contributed by atoms with Gasteiger partial charge in [-0.25, -0.2) is 17.2 Å². The monoisotopic (exact) mass is 375 g/mol. The highest BCUT2D eigenvalue weighted by molar-refractivity contribution is 7.89. The third-order valence-corrected chi connectivity index (χ3v) is 6.30. The van der Waals surface area contributed by atoms with Crippen LogP contribution in [-0.4, -0.2) is 50.2 Å². The van der Waals surface area contributed by atoms with Gasteiger partial charge in [-0.15, -0.1) is 0 Å². The zero-order valence-corrected chi connectivity index (χ0v) is 14.9. The average molecular weight is 375 g/mol. The summed E-state index contributed by atoms with van der Waals surface area (Å²) in [7, 11) is -3.63. The Morgan fingerprint density at radius 3 is 2.52 bits per heavy atom. The van der Waals surface area contributed by atoms with Crippen molar-refractivity contribution in [2.24, 2.45) is 5.73 Å². The topological polar surface area (TPSA) is 92.5 Å². The Morgan fingerprint density at radius 1 is 1.32 bits per heavy atom. The van der Waals surface area contributed by atoms with Crippen LogP contribution in [-0.2, 0) is 10.0 Å². The Labute approximate surface area is 146 Å². The lowest BCUT2D eigenvalue weighted by molar-refractivity contribution is 0.0118. The molecule has 2 rings (SSSR count). The molecule has 1 aliphatic heterocycles. The fraction of sp³-hybridized carbons (Fsp3) is 0.562. The second-order valence-electron chi connectivity index (χ2n) is 6.23. The van der Waals surface area contributed by atoms with Crippen molar-refractivity contribution >= 4 is 15.9 Å². The molecule has 0 saturated carbocycles. The minimum absolute atomic E-state index is 0.0692. The number of amides is 1. The van der Waals surface area contributed by atoms with Crippen molar-refractivity contribution in [3.05, 3.63) is 29.8 Å². The molecule has 0 spiro atoms. The lowest BCUT2D eigenvalue weighted by Crippen LogP contribution is -2.42. The van der Waals surface area contributed by atoms with Gasteiger partial charge in [-0.2, -0.15) is 4.31 Å². The SMILES string of the molecule is CC1CCCCN1S(=O)(=O)c1ccc(C(=O)NCC(F)(F)CN)cc1. The van der Waals surface area contributed by atoms with E-state index < -0.39 is 34.9 Å². The Hall–Kier alpha value is -1.58. The van der Waals surface area contributed by atoms with Crippen LogP contribution in [0.3, 0.4) is 0 Å². The van der Waals surface area contributed by atoms with E-state index in [9.17, 15) is 22.0 Å². The van der Waals surface area contributed by atoms with Gasteiger partial charge in [0.2, 0.25) is 10.0 Å². The first-order valence-corrected chi connectivity index (χ1v) is 9.59. The molecule has 1 aromatic rings. The first-order chi connectivity index (χ1) is 11.7. The summed E-state index contributed by atoms with van der Waals surface area (Å²) in [6.45, 7) is 0.613. The molecule has 25 heavy (non-hydrogen) atoms. The molecule has 1 aromatic carbocycles. The first kappa shape index (κ1) is 19.7. The number of benzene rings is 1. The number of nitrogens with two attached hydrogens (primary N) is 1. The van der Waals surface area contributed by atoms with Crippen molar-refractivity contribution in [2.45, 2.75) is 43.0 Å². The highest BCUT2D eigenvalue weighted by atomic mass is 32.2. The fourth-order valence-electron chi connectivity index (χ4n) is 2.73. The molecule has 3 N–H and O–H groups in total. The summed E-state index contributed by atoms with van der Waals surface area (Å²) in [5.74, 6) is -3.88. The number of rotatable bonds is 6. The molecular weight excluding hydrogens is 352 g/mol. The molecule has 140 valence electrons. The third kappa shape index (κ3) is 4.74. The Morgan fingerprint density at radius 2 is 1.96 bits per heavy atom. The van der Waals surface area contributed by atoms with Crippen LogP contribution in [0.4, 0.5) is 8.78 Å². The maximum absolute atomic E-state index is 13.1. The zero-order chi connectivity index (χ0) is 18.7. The van der Waals surface area contributed by atoms with Gasteiger partial charge in [-0.3, -0.25) is 4.79 Å². The molecule has 1 fully saturated rings. The number of alkyl halides is 2. The predicted molar refractivity (Wildman–Crippen MR) is 90.0 cm³/mol. The van der Waals surface area contributed by atoms with Crippen molar-refractivity contribution in [2.75, 3.05) is 19.6 Å². The smallest absolute Gasteiger partial charge is 0.277 e. The first-order valence-electron chi connectivity index (χ1n) is 8.15. The second-order valence-corrected chi connectivity index (χ2v) is 8.12. The van der Waals surface area contributed by atoms with E-state index in [1.165, 1.54) is 28.6 Å². The van der Waals surface area contributed by atoms with E-state index in [-0.39, 0.29) is 16.5 Å². The lowest BCUT2D eigenvalue weighted by atomic mass is 10.1. The van der Waals surface area contributed by atoms with Crippen molar-refractivity contribution in [3.63, 3.8) is 0 Å². The van der Waals surface area contributed by atoms with Gasteiger partial charge in [0.1, 0.15) is 0 Å². The molecule has 1 atom stereocenters. The van der Waals surface area contributed by atoms with Crippen LogP contribution in [0.2, 0.25) is 0 Å². The number of hydrogen-bond donors (Lipinski definition) is 2. The van der Waals surface area contributed by atoms with E-state index in [4.69, 9.17) is 5.73 Å². The van der Waals surface area contributed by atoms with E-state index in [2.05, 4.69) is 5.32 Å². The molecule has 0 aliphatic carbocycles. The van der Waals surface area contributed by atoms with Gasteiger partial charge in [0.25, 0.3) is 11.8 Å². The molecule has 6 nitrogen and oxygen atoms in total. The van der Waals surface area contributed by atoms with Gasteiger partial charge < -0.3 is 11.1 Å². The number of piperidine rings is 1. The fourth-order valence-corrected chi connectivity index (χ4v) is 4.43. The highest BCUT2D eigenvalue weighted by Gasteiger charge is 2.31. The Balaban J connectivity index is 2.10. The van der Waals surface area contributed by atoms with Crippen molar-refractivity contribution in [1.29, 1.82) is 0 Å². The zero-order valence-electron chi connectivity index (χ0n) is 14.0. The van der Waals surface area contributed by atoms with Gasteiger partial charge in [0, 0.05) is 18.2 Å². The number of carbonyl (C=O) groups excluding carboxylic acids is 1. The molecule has 0 radical (unpaired) electrons. The van der Waals surface area contributed by atoms with Crippen LogP contribution >= 0.6 is 0 Å². The van der Waals surface area contributed by atoms with Crippen molar-refractivity contribution in [1.82, 2.24) is 9.62 Å². The van der Waals surface area contributed by atoms with Gasteiger partial charge in [0.05, 0.1) is 18.0 Å². The Bertz CT molecular complexity index is 708. The van der Waals surface area contributed by atoms with Crippen molar-refractivity contribution < 1.29 is 22.0 Å². The standard InChI is InChI=1S/C16H23F2N3O3S/c1-12-4-2-3-9-21(12)25(23,24)14-7-5-13(6-8-14)15(22)20-11-16(17,18)10-19/h5-8,12H,2-4,9-11,19H2,1H3,(H,20,22). The van der Waals surface area contributed by atoms with E-state index in [1.807, 2.05) is 6.92 Å². The molecule has 0 aromatic heterocycles. The molecule has 1 aliphatic rings. The maximum Gasteiger partial charge on any atom is 0.277 e. The lowest BCUT2D eigenvalue weighted by Gasteiger charge is -2.32. The van der Waals surface area contributed by atoms with E-state index in [1.54, 1.807) is 0 Å². The molecule has 1 heterocycles. The third-order valence-electron chi connectivity index (χ3n) is 4.27. The second kappa shape index (κ2) is 7.76. The number of nitrogens with zero attached hydrogens (tertiary/aromatic N) is 1. The van der Waals surface area contributed by atoms with Gasteiger partial charge in [-0.1, -0.05) is 6.42 Å². The largest absolute Gasteiger partial charge is 0.346 e. The molecule has 1 unspecified atom stereocenters. The van der Waals surface area contributed by atoms with Crippen molar-refractivity contribution in [3.8, 4) is 0 Å². The summed E-state index contributed by atoms with van der Waals surface area (Å²) in [6.07, 6.45) is 2.63. The summed E-state index contributed by atoms with van der Waals surface area (Å²) in [6, 6.07) is 5.22. The van der Waals surface area contributed by atoms with E-state index >= 15 is 0 Å². The molecule has 1 saturated heterocycles. The molecule has 9 heteroatoms. The summed E-state index contributed by atoms with van der Waals surface area (Å²) in [4.78, 5) is 12.0. The molecular formula is C16H23F2N3O3S. The summed E-state index contributed by atoms with van der Waals surface area (Å²) in [5, 5.41) is 2.09. The van der Waals surface area contributed by atoms with Crippen LogP contribution in [0.1, 0.15) is 36.5 Å². The average Bonchev–Trinajstić information content (AvgIpc) is 2.60. The van der Waals surface area contributed by atoms with Crippen LogP contribution in [0.25, 0.3) is 0 Å². The van der Waals surface area contributed by atoms with Crippen LogP contribution in [0.5, 0.6) is 0 Å². The quantitative estimate of drug-likeness (QED) is 0.789. The number of sulfonamides is 1. The van der Waals surface area contributed by atoms with Gasteiger partial charge in [-0.05, 0) is 44.0 Å². The summed E-state index contributed by atoms with van der Waals surface area (Å²) in [5.41, 5.74) is 5.02. The summed E-state index contributed by atoms with van der Waals surface area (Å²) < 4.78 is 53.0. The minimum Gasteiger partial charge on any atom is -0.346 e. The van der Waals surface area contributed by atoms with Gasteiger partial charge >= 0.3 is 0 Å². The van der Waals surface area contributed by atoms with Crippen LogP contribution < -0.4 is 11.1 Å². The number of carbonyl (C=O) groups is 1. The van der Waals surface area contributed by atoms with Crippen LogP contribution in [0.15, 0.2) is 29.2 Å². The Kier molecular flexibility index (Phi) is 6.12. The van der Waals surface area contributed by atoms with Gasteiger partial charge in [0.15, 0.2) is 0 Å². The number of nitrogens with one attached hydrogen (secondary N) is 1. The van der Waals surface area contributed by atoms with Crippen LogP contribution in [0, 0.1) is 0 Å².